The maximum absolute atomic E-state index is 12.1. The molecule has 0 aliphatic carbocycles. The summed E-state index contributed by atoms with van der Waals surface area (Å²) in [7, 11) is 0. The molecule has 0 fully saturated rings. The SMILES string of the molecule is CCc1ccc(OCc2ccncc2)c([C@@H](Nc2ccc(C#N)cc2)C(=O)O)c1. The molecule has 0 radical (unpaired) electrons. The normalized spacial score (nSPS) is 11.3. The van der Waals surface area contributed by atoms with Gasteiger partial charge < -0.3 is 15.2 Å². The highest BCUT2D eigenvalue weighted by atomic mass is 16.5. The van der Waals surface area contributed by atoms with Crippen molar-refractivity contribution in [1.82, 2.24) is 4.98 Å². The fourth-order valence-electron chi connectivity index (χ4n) is 2.90. The summed E-state index contributed by atoms with van der Waals surface area (Å²) in [5, 5.41) is 21.9. The van der Waals surface area contributed by atoms with Crippen molar-refractivity contribution in [2.45, 2.75) is 26.0 Å². The topological polar surface area (TPSA) is 95.2 Å². The molecule has 3 aromatic rings. The van der Waals surface area contributed by atoms with Gasteiger partial charge in [-0.05, 0) is 66.1 Å². The summed E-state index contributed by atoms with van der Waals surface area (Å²) < 4.78 is 5.95. The van der Waals surface area contributed by atoms with Crippen molar-refractivity contribution in [1.29, 1.82) is 5.26 Å². The van der Waals surface area contributed by atoms with Gasteiger partial charge in [-0.2, -0.15) is 5.26 Å². The largest absolute Gasteiger partial charge is 0.489 e. The fourth-order valence-corrected chi connectivity index (χ4v) is 2.90. The van der Waals surface area contributed by atoms with Crippen LogP contribution in [0.1, 0.15) is 35.2 Å². The summed E-state index contributed by atoms with van der Waals surface area (Å²) in [5.41, 5.74) is 3.63. The molecule has 3 rings (SSSR count). The summed E-state index contributed by atoms with van der Waals surface area (Å²) in [6.45, 7) is 2.32. The number of hydrogen-bond acceptors (Lipinski definition) is 5. The first-order valence-corrected chi connectivity index (χ1v) is 9.24. The molecule has 146 valence electrons. The van der Waals surface area contributed by atoms with Crippen molar-refractivity contribution in [2.24, 2.45) is 0 Å². The smallest absolute Gasteiger partial charge is 0.330 e. The van der Waals surface area contributed by atoms with Crippen molar-refractivity contribution in [3.8, 4) is 11.8 Å². The first-order chi connectivity index (χ1) is 14.1. The molecule has 0 aliphatic heterocycles. The van der Waals surface area contributed by atoms with Gasteiger partial charge in [0.15, 0.2) is 6.04 Å². The highest BCUT2D eigenvalue weighted by Gasteiger charge is 2.24. The van der Waals surface area contributed by atoms with Crippen molar-refractivity contribution in [3.05, 3.63) is 89.2 Å². The summed E-state index contributed by atoms with van der Waals surface area (Å²) >= 11 is 0. The summed E-state index contributed by atoms with van der Waals surface area (Å²) in [5.74, 6) is -0.510. The number of carboxylic acids is 1. The number of rotatable bonds is 8. The zero-order valence-corrected chi connectivity index (χ0v) is 16.0. The Kier molecular flexibility index (Phi) is 6.43. The van der Waals surface area contributed by atoms with Crippen molar-refractivity contribution >= 4 is 11.7 Å². The van der Waals surface area contributed by atoms with E-state index in [2.05, 4.69) is 10.3 Å². The molecular weight excluding hydrogens is 366 g/mol. The second-order valence-corrected chi connectivity index (χ2v) is 6.47. The minimum absolute atomic E-state index is 0.310. The van der Waals surface area contributed by atoms with E-state index in [1.165, 1.54) is 0 Å². The van der Waals surface area contributed by atoms with Gasteiger partial charge >= 0.3 is 5.97 Å². The Labute approximate surface area is 169 Å². The van der Waals surface area contributed by atoms with E-state index < -0.39 is 12.0 Å². The molecule has 1 aromatic heterocycles. The quantitative estimate of drug-likeness (QED) is 0.597. The zero-order valence-electron chi connectivity index (χ0n) is 16.0. The molecule has 2 N–H and O–H groups in total. The third-order valence-corrected chi connectivity index (χ3v) is 4.51. The molecule has 0 amide bonds. The van der Waals surface area contributed by atoms with E-state index in [9.17, 15) is 9.90 Å². The second-order valence-electron chi connectivity index (χ2n) is 6.47. The fraction of sp³-hybridized carbons (Fsp3) is 0.174. The minimum atomic E-state index is -1.02. The zero-order chi connectivity index (χ0) is 20.6. The van der Waals surface area contributed by atoms with Crippen LogP contribution in [0.2, 0.25) is 0 Å². The summed E-state index contributed by atoms with van der Waals surface area (Å²) in [4.78, 5) is 16.1. The lowest BCUT2D eigenvalue weighted by molar-refractivity contribution is -0.138. The van der Waals surface area contributed by atoms with E-state index in [4.69, 9.17) is 10.00 Å². The van der Waals surface area contributed by atoms with Crippen LogP contribution in [0.3, 0.4) is 0 Å². The van der Waals surface area contributed by atoms with E-state index in [0.29, 0.717) is 29.2 Å². The molecule has 0 aliphatic rings. The number of nitriles is 1. The Balaban J connectivity index is 1.90. The molecule has 0 bridgehead atoms. The number of nitrogens with one attached hydrogen (secondary N) is 1. The molecule has 6 nitrogen and oxygen atoms in total. The first kappa shape index (κ1) is 19.9. The van der Waals surface area contributed by atoms with Gasteiger partial charge in [0.05, 0.1) is 11.6 Å². The van der Waals surface area contributed by atoms with Crippen LogP contribution >= 0.6 is 0 Å². The van der Waals surface area contributed by atoms with Crippen LogP contribution in [0.5, 0.6) is 5.75 Å². The Bertz CT molecular complexity index is 1010. The van der Waals surface area contributed by atoms with Crippen LogP contribution in [0.15, 0.2) is 67.0 Å². The molecular formula is C23H21N3O3. The van der Waals surface area contributed by atoms with Crippen molar-refractivity contribution < 1.29 is 14.6 Å². The van der Waals surface area contributed by atoms with E-state index in [1.54, 1.807) is 36.7 Å². The van der Waals surface area contributed by atoms with Gasteiger partial charge in [-0.25, -0.2) is 4.79 Å². The van der Waals surface area contributed by atoms with E-state index in [-0.39, 0.29) is 0 Å². The monoisotopic (exact) mass is 387 g/mol. The molecule has 0 spiro atoms. The number of aliphatic carboxylic acids is 1. The summed E-state index contributed by atoms with van der Waals surface area (Å²) in [6.07, 6.45) is 4.15. The number of carbonyl (C=O) groups is 1. The van der Waals surface area contributed by atoms with Gasteiger partial charge in [0.2, 0.25) is 0 Å². The number of hydrogen-bond donors (Lipinski definition) is 2. The van der Waals surface area contributed by atoms with Gasteiger partial charge in [0.1, 0.15) is 12.4 Å². The van der Waals surface area contributed by atoms with E-state index >= 15 is 0 Å². The molecule has 6 heteroatoms. The van der Waals surface area contributed by atoms with E-state index in [0.717, 1.165) is 17.5 Å². The maximum Gasteiger partial charge on any atom is 0.330 e. The van der Waals surface area contributed by atoms with Crippen molar-refractivity contribution in [2.75, 3.05) is 5.32 Å². The summed E-state index contributed by atoms with van der Waals surface area (Å²) in [6, 6.07) is 17.0. The van der Waals surface area contributed by atoms with Gasteiger partial charge in [0, 0.05) is 23.6 Å². The van der Waals surface area contributed by atoms with Gasteiger partial charge in [-0.15, -0.1) is 0 Å². The molecule has 1 heterocycles. The van der Waals surface area contributed by atoms with Crippen molar-refractivity contribution in [3.63, 3.8) is 0 Å². The average molecular weight is 387 g/mol. The number of anilines is 1. The third-order valence-electron chi connectivity index (χ3n) is 4.51. The Morgan fingerprint density at radius 1 is 1.14 bits per heavy atom. The number of aryl methyl sites for hydroxylation is 1. The molecule has 1 atom stereocenters. The lowest BCUT2D eigenvalue weighted by Gasteiger charge is -2.20. The molecule has 2 aromatic carbocycles. The van der Waals surface area contributed by atoms with Crippen LogP contribution in [-0.2, 0) is 17.8 Å². The first-order valence-electron chi connectivity index (χ1n) is 9.24. The third kappa shape index (κ3) is 5.11. The molecule has 0 saturated carbocycles. The number of benzene rings is 2. The predicted molar refractivity (Wildman–Crippen MR) is 110 cm³/mol. The Hall–Kier alpha value is -3.85. The highest BCUT2D eigenvalue weighted by Crippen LogP contribution is 2.30. The molecule has 0 saturated heterocycles. The number of aromatic nitrogens is 1. The number of carboxylic acid groups (broad SMARTS) is 1. The predicted octanol–water partition coefficient (Wildman–Crippen LogP) is 4.33. The highest BCUT2D eigenvalue weighted by molar-refractivity contribution is 5.80. The number of pyridine rings is 1. The number of ether oxygens (including phenoxy) is 1. The van der Waals surface area contributed by atoms with Crippen LogP contribution < -0.4 is 10.1 Å². The van der Waals surface area contributed by atoms with Gasteiger partial charge in [-0.3, -0.25) is 4.98 Å². The lowest BCUT2D eigenvalue weighted by atomic mass is 10.0. The Morgan fingerprint density at radius 2 is 1.86 bits per heavy atom. The van der Waals surface area contributed by atoms with Gasteiger partial charge in [-0.1, -0.05) is 13.0 Å². The average Bonchev–Trinajstić information content (AvgIpc) is 2.77. The molecule has 0 unspecified atom stereocenters. The minimum Gasteiger partial charge on any atom is -0.489 e. The number of nitrogens with zero attached hydrogens (tertiary/aromatic N) is 2. The standard InChI is InChI=1S/C23H21N3O3/c1-2-16-5-8-21(29-15-18-9-11-25-12-10-18)20(13-16)22(23(27)28)26-19-6-3-17(14-24)4-7-19/h3-13,22,26H,2,15H2,1H3,(H,27,28)/t22-/m1/s1. The van der Waals surface area contributed by atoms with Crippen LogP contribution in [0, 0.1) is 11.3 Å². The van der Waals surface area contributed by atoms with E-state index in [1.807, 2.05) is 43.3 Å². The van der Waals surface area contributed by atoms with Crippen LogP contribution in [0.25, 0.3) is 0 Å². The van der Waals surface area contributed by atoms with Crippen LogP contribution in [0.4, 0.5) is 5.69 Å². The molecule has 29 heavy (non-hydrogen) atoms. The maximum atomic E-state index is 12.1. The van der Waals surface area contributed by atoms with Gasteiger partial charge in [0.25, 0.3) is 0 Å². The second kappa shape index (κ2) is 9.38. The lowest BCUT2D eigenvalue weighted by Crippen LogP contribution is -2.21. The Morgan fingerprint density at radius 3 is 2.48 bits per heavy atom. The van der Waals surface area contributed by atoms with Crippen LogP contribution in [-0.4, -0.2) is 16.1 Å².